The Bertz CT molecular complexity index is 3870. The molecule has 3 aliphatic rings. The van der Waals surface area contributed by atoms with Crippen LogP contribution in [-0.4, -0.2) is 150 Å². The fourth-order valence-electron chi connectivity index (χ4n) is 10.6. The van der Waals surface area contributed by atoms with Gasteiger partial charge in [0.1, 0.15) is 9.73 Å². The summed E-state index contributed by atoms with van der Waals surface area (Å²) in [6, 6.07) is 41.5. The van der Waals surface area contributed by atoms with Gasteiger partial charge in [0.2, 0.25) is 5.52 Å². The molecule has 17 nitrogen and oxygen atoms in total. The Morgan fingerprint density at radius 2 is 1.08 bits per heavy atom. The molecule has 87 heavy (non-hydrogen) atoms. The van der Waals surface area contributed by atoms with Gasteiger partial charge >= 0.3 is 0 Å². The van der Waals surface area contributed by atoms with E-state index in [2.05, 4.69) is 122 Å². The normalized spacial score (nSPS) is 15.1. The molecule has 0 unspecified atom stereocenters. The van der Waals surface area contributed by atoms with Gasteiger partial charge in [-0.2, -0.15) is 21.4 Å². The second kappa shape index (κ2) is 32.0. The molecule has 0 radical (unpaired) electrons. The average molecular weight is 1280 g/mol. The molecule has 6 aromatic carbocycles. The summed E-state index contributed by atoms with van der Waals surface area (Å²) in [5, 5.41) is 7.33. The maximum Gasteiger partial charge on any atom is 0.265 e. The number of aromatic nitrogens is 1. The summed E-state index contributed by atoms with van der Waals surface area (Å²) in [7, 11) is -8.16. The molecule has 460 valence electrons. The van der Waals surface area contributed by atoms with Gasteiger partial charge in [-0.3, -0.25) is 9.11 Å². The first-order valence-corrected chi connectivity index (χ1v) is 34.8. The van der Waals surface area contributed by atoms with Crippen molar-refractivity contribution >= 4 is 110 Å². The van der Waals surface area contributed by atoms with Crippen molar-refractivity contribution in [2.75, 3.05) is 138 Å². The standard InChI is InChI=1S/C65H72N4O13S5/c70-86(71,72)47-11-29-68-62(84-59-27-25-50-13-1-4-17-54(50)64(59)68)22-9-16-53-49-52-15-3-6-19-56(52)66(53)31-33-76-35-37-78-39-41-80-43-45-82-46-44-81-42-40-79-38-36-77-34-32-67-57-20-7-8-21-58(57)83-61(67)23-10-24-63-69(30-12-48-87(73,74)75)65-55-18-5-2-14-51(55)26-28-60(65)85-63/h1-10,13-21,23-28H,11-12,29-49H2,(H-,70,71,72,73,74,75)/p+1/b53-16-. The van der Waals surface area contributed by atoms with Gasteiger partial charge in [0.05, 0.1) is 126 Å². The third kappa shape index (κ3) is 18.1. The Kier molecular flexibility index (Phi) is 23.6. The third-order valence-electron chi connectivity index (χ3n) is 14.5. The van der Waals surface area contributed by atoms with Gasteiger partial charge in [-0.1, -0.05) is 132 Å². The molecule has 0 spiro atoms. The number of anilines is 3. The second-order valence-electron chi connectivity index (χ2n) is 20.5. The molecular weight excluding hydrogens is 1210 g/mol. The highest BCUT2D eigenvalue weighted by molar-refractivity contribution is 8.04. The van der Waals surface area contributed by atoms with Crippen LogP contribution in [0.15, 0.2) is 177 Å². The van der Waals surface area contributed by atoms with Crippen LogP contribution in [0.1, 0.15) is 23.4 Å². The topological polar surface area (TPSA) is 187 Å². The van der Waals surface area contributed by atoms with E-state index in [1.54, 1.807) is 34.9 Å². The minimum atomic E-state index is -4.08. The van der Waals surface area contributed by atoms with Crippen LogP contribution in [0.2, 0.25) is 0 Å². The van der Waals surface area contributed by atoms with Crippen LogP contribution in [0, 0.1) is 0 Å². The third-order valence-corrected chi connectivity index (χ3v) is 19.5. The van der Waals surface area contributed by atoms with Crippen LogP contribution in [0.25, 0.3) is 37.8 Å². The summed E-state index contributed by atoms with van der Waals surface area (Å²) in [6.45, 7) is 8.69. The predicted molar refractivity (Wildman–Crippen MR) is 348 cm³/mol. The molecule has 7 aromatic rings. The maximum absolute atomic E-state index is 11.6. The number of aryl methyl sites for hydroxylation is 1. The lowest BCUT2D eigenvalue weighted by Gasteiger charge is -2.21. The minimum Gasteiger partial charge on any atom is -0.377 e. The quantitative estimate of drug-likeness (QED) is 0.0165. The number of hydrogen-bond acceptors (Lipinski definition) is 17. The van der Waals surface area contributed by atoms with E-state index in [1.807, 2.05) is 54.6 Å². The predicted octanol–water partition coefficient (Wildman–Crippen LogP) is 11.2. The number of fused-ring (bicyclic) bond motifs is 8. The number of thiazole rings is 1. The molecule has 0 atom stereocenters. The van der Waals surface area contributed by atoms with E-state index in [-0.39, 0.29) is 17.9 Å². The zero-order valence-electron chi connectivity index (χ0n) is 48.4. The van der Waals surface area contributed by atoms with Crippen molar-refractivity contribution in [3.05, 3.63) is 178 Å². The maximum atomic E-state index is 11.6. The largest absolute Gasteiger partial charge is 0.377 e. The minimum absolute atomic E-state index is 0.275. The molecule has 0 fully saturated rings. The molecule has 4 heterocycles. The number of benzene rings is 6. The average Bonchev–Trinajstić information content (AvgIpc) is 3.78. The zero-order valence-corrected chi connectivity index (χ0v) is 52.5. The fourth-order valence-corrected chi connectivity index (χ4v) is 14.8. The van der Waals surface area contributed by atoms with Crippen molar-refractivity contribution < 1.29 is 63.7 Å². The first-order valence-electron chi connectivity index (χ1n) is 29.2. The van der Waals surface area contributed by atoms with Crippen LogP contribution in [0.3, 0.4) is 0 Å². The van der Waals surface area contributed by atoms with Crippen LogP contribution in [0.5, 0.6) is 0 Å². The van der Waals surface area contributed by atoms with E-state index < -0.39 is 20.2 Å². The number of allylic oxidation sites excluding steroid dienone is 5. The Balaban J connectivity index is 0.559. The van der Waals surface area contributed by atoms with Crippen molar-refractivity contribution in [2.45, 2.75) is 35.6 Å². The van der Waals surface area contributed by atoms with E-state index in [9.17, 15) is 25.9 Å². The number of hydrogen-bond donors (Lipinski definition) is 2. The second-order valence-corrected chi connectivity index (χ2v) is 26.8. The summed E-state index contributed by atoms with van der Waals surface area (Å²) in [6.07, 6.45) is 11.6. The highest BCUT2D eigenvalue weighted by Crippen LogP contribution is 2.49. The monoisotopic (exact) mass is 1280 g/mol. The van der Waals surface area contributed by atoms with Crippen LogP contribution in [0.4, 0.5) is 17.1 Å². The summed E-state index contributed by atoms with van der Waals surface area (Å²) >= 11 is 4.97. The van der Waals surface area contributed by atoms with E-state index >= 15 is 0 Å². The van der Waals surface area contributed by atoms with E-state index in [0.29, 0.717) is 125 Å². The first-order chi connectivity index (χ1) is 42.5. The molecule has 22 heteroatoms. The SMILES string of the molecule is O=S(=O)(O)CCCN1C(=C=C/C=C2/Cc3ccccc3N2CCOCCOCCOCCOCCOCCOCCOCCN2/C(=C\C=C\c3sc4ccc5ccccc5c4[n+]3CCCS(=O)(=O)O)Sc3ccccc32)Sc2ccc3ccccc3c21. The van der Waals surface area contributed by atoms with Crippen LogP contribution in [-0.2, 0) is 66.4 Å². The van der Waals surface area contributed by atoms with Crippen molar-refractivity contribution in [2.24, 2.45) is 0 Å². The summed E-state index contributed by atoms with van der Waals surface area (Å²) in [5.74, 6) is -0.614. The Hall–Kier alpha value is -5.89. The number of para-hydroxylation sites is 2. The molecule has 0 saturated heterocycles. The molecule has 0 saturated carbocycles. The fraction of sp³-hybridized carbons (Fsp3) is 0.354. The van der Waals surface area contributed by atoms with Gasteiger partial charge in [-0.05, 0) is 77.4 Å². The Morgan fingerprint density at radius 1 is 0.529 bits per heavy atom. The zero-order chi connectivity index (χ0) is 60.3. The molecule has 1 aromatic heterocycles. The highest BCUT2D eigenvalue weighted by Gasteiger charge is 2.29. The molecule has 0 bridgehead atoms. The molecule has 10 rings (SSSR count). The lowest BCUT2D eigenvalue weighted by atomic mass is 10.1. The summed E-state index contributed by atoms with van der Waals surface area (Å²) in [5.41, 5.74) is 10.2. The number of ether oxygens (including phenoxy) is 7. The number of thioether (sulfide) groups is 2. The van der Waals surface area contributed by atoms with Crippen molar-refractivity contribution in [3.63, 3.8) is 0 Å². The summed E-state index contributed by atoms with van der Waals surface area (Å²) < 4.78 is 109. The van der Waals surface area contributed by atoms with E-state index in [0.717, 1.165) is 80.9 Å². The molecule has 0 amide bonds. The Morgan fingerprint density at radius 3 is 1.75 bits per heavy atom. The number of nitrogens with zero attached hydrogens (tertiary/aromatic N) is 4. The van der Waals surface area contributed by atoms with Crippen molar-refractivity contribution in [1.82, 2.24) is 0 Å². The molecule has 3 aliphatic heterocycles. The van der Waals surface area contributed by atoms with E-state index in [1.165, 1.54) is 10.5 Å². The lowest BCUT2D eigenvalue weighted by Crippen LogP contribution is -2.36. The number of rotatable bonds is 35. The Labute approximate surface area is 522 Å². The van der Waals surface area contributed by atoms with Gasteiger partial charge in [-0.25, -0.2) is 0 Å². The van der Waals surface area contributed by atoms with Crippen LogP contribution < -0.4 is 19.3 Å². The molecular formula is C65H73N4O13S5+. The first kappa shape index (κ1) is 64.1. The van der Waals surface area contributed by atoms with E-state index in [4.69, 9.17) is 33.2 Å². The van der Waals surface area contributed by atoms with Gasteiger partial charge in [0.15, 0.2) is 6.54 Å². The summed E-state index contributed by atoms with van der Waals surface area (Å²) in [4.78, 5) is 8.91. The van der Waals surface area contributed by atoms with Crippen molar-refractivity contribution in [3.8, 4) is 0 Å². The van der Waals surface area contributed by atoms with Gasteiger partial charge in [0.25, 0.3) is 25.2 Å². The van der Waals surface area contributed by atoms with Crippen molar-refractivity contribution in [1.29, 1.82) is 0 Å². The highest BCUT2D eigenvalue weighted by atomic mass is 32.2. The van der Waals surface area contributed by atoms with Gasteiger partial charge in [0, 0.05) is 65.1 Å². The van der Waals surface area contributed by atoms with Gasteiger partial charge in [-0.15, -0.1) is 0 Å². The van der Waals surface area contributed by atoms with Crippen LogP contribution >= 0.6 is 34.9 Å². The lowest BCUT2D eigenvalue weighted by molar-refractivity contribution is -0.667. The van der Waals surface area contributed by atoms with Gasteiger partial charge < -0.3 is 47.9 Å². The molecule has 0 aliphatic carbocycles. The smallest absolute Gasteiger partial charge is 0.265 e. The molecule has 2 N–H and O–H groups in total.